The minimum absolute atomic E-state index is 0.237. The van der Waals surface area contributed by atoms with Gasteiger partial charge in [-0.3, -0.25) is 4.90 Å². The molecule has 3 rings (SSSR count). The third-order valence-electron chi connectivity index (χ3n) is 4.43. The average Bonchev–Trinajstić information content (AvgIpc) is 2.90. The number of aromatic amines is 1. The number of likely N-dealkylation sites (tertiary alicyclic amines) is 1. The van der Waals surface area contributed by atoms with Crippen molar-refractivity contribution in [1.29, 1.82) is 0 Å². The number of benzene rings is 1. The highest BCUT2D eigenvalue weighted by Crippen LogP contribution is 2.22. The van der Waals surface area contributed by atoms with Crippen LogP contribution in [-0.4, -0.2) is 42.1 Å². The summed E-state index contributed by atoms with van der Waals surface area (Å²) in [5.74, 6) is 0.495. The van der Waals surface area contributed by atoms with Gasteiger partial charge in [0.25, 0.3) is 0 Å². The van der Waals surface area contributed by atoms with Gasteiger partial charge in [-0.1, -0.05) is 25.1 Å². The normalized spacial score (nSPS) is 23.3. The first kappa shape index (κ1) is 14.1. The number of para-hydroxylation sites is 1. The maximum absolute atomic E-state index is 12.3. The first-order valence-corrected chi connectivity index (χ1v) is 7.58. The molecule has 4 nitrogen and oxygen atoms in total. The van der Waals surface area contributed by atoms with E-state index in [2.05, 4.69) is 23.9 Å². The third-order valence-corrected chi connectivity index (χ3v) is 4.43. The van der Waals surface area contributed by atoms with Gasteiger partial charge in [-0.2, -0.15) is 0 Å². The standard InChI is InChI=1S/C17H22N2O2/c1-12-7-8-13(19(2)10-12)11-21-17(20)15-9-18-16-6-4-3-5-14(15)16/h3-6,9,12-13,18H,7-8,10-11H2,1-2H3. The van der Waals surface area contributed by atoms with E-state index in [-0.39, 0.29) is 5.97 Å². The number of carbonyl (C=O) groups is 1. The molecule has 0 aliphatic carbocycles. The Kier molecular flexibility index (Phi) is 3.97. The molecule has 21 heavy (non-hydrogen) atoms. The molecular weight excluding hydrogens is 264 g/mol. The largest absolute Gasteiger partial charge is 0.460 e. The second kappa shape index (κ2) is 5.90. The first-order valence-electron chi connectivity index (χ1n) is 7.58. The Labute approximate surface area is 125 Å². The molecule has 2 unspecified atom stereocenters. The van der Waals surface area contributed by atoms with Crippen LogP contribution >= 0.6 is 0 Å². The Morgan fingerprint density at radius 1 is 1.38 bits per heavy atom. The van der Waals surface area contributed by atoms with Gasteiger partial charge in [0.15, 0.2) is 0 Å². The summed E-state index contributed by atoms with van der Waals surface area (Å²) in [6.45, 7) is 3.82. The molecule has 1 aromatic heterocycles. The van der Waals surface area contributed by atoms with Crippen molar-refractivity contribution in [3.05, 3.63) is 36.0 Å². The van der Waals surface area contributed by atoms with Crippen LogP contribution in [0.5, 0.6) is 0 Å². The lowest BCUT2D eigenvalue weighted by atomic mass is 9.95. The van der Waals surface area contributed by atoms with E-state index in [1.54, 1.807) is 6.20 Å². The van der Waals surface area contributed by atoms with E-state index in [0.29, 0.717) is 18.2 Å². The number of piperidine rings is 1. The predicted octanol–water partition coefficient (Wildman–Crippen LogP) is 3.06. The number of hydrogen-bond donors (Lipinski definition) is 1. The monoisotopic (exact) mass is 286 g/mol. The van der Waals surface area contributed by atoms with E-state index in [1.807, 2.05) is 24.3 Å². The molecular formula is C17H22N2O2. The zero-order valence-corrected chi connectivity index (χ0v) is 12.6. The molecule has 2 aromatic rings. The van der Waals surface area contributed by atoms with Gasteiger partial charge in [0, 0.05) is 29.7 Å². The highest BCUT2D eigenvalue weighted by atomic mass is 16.5. The highest BCUT2D eigenvalue weighted by molar-refractivity contribution is 6.03. The maximum Gasteiger partial charge on any atom is 0.340 e. The van der Waals surface area contributed by atoms with Gasteiger partial charge in [-0.25, -0.2) is 4.79 Å². The molecule has 1 aromatic carbocycles. The summed E-state index contributed by atoms with van der Waals surface area (Å²) >= 11 is 0. The van der Waals surface area contributed by atoms with Crippen molar-refractivity contribution in [1.82, 2.24) is 9.88 Å². The lowest BCUT2D eigenvalue weighted by molar-refractivity contribution is 0.0287. The zero-order valence-electron chi connectivity index (χ0n) is 12.6. The Balaban J connectivity index is 1.64. The number of fused-ring (bicyclic) bond motifs is 1. The van der Waals surface area contributed by atoms with Crippen LogP contribution in [0.25, 0.3) is 10.9 Å². The second-order valence-electron chi connectivity index (χ2n) is 6.12. The van der Waals surface area contributed by atoms with Crippen molar-refractivity contribution < 1.29 is 9.53 Å². The first-order chi connectivity index (χ1) is 10.1. The van der Waals surface area contributed by atoms with Gasteiger partial charge in [-0.05, 0) is 31.9 Å². The lowest BCUT2D eigenvalue weighted by Crippen LogP contribution is -2.42. The minimum atomic E-state index is -0.237. The van der Waals surface area contributed by atoms with Gasteiger partial charge >= 0.3 is 5.97 Å². The molecule has 1 fully saturated rings. The fourth-order valence-electron chi connectivity index (χ4n) is 3.13. The maximum atomic E-state index is 12.3. The van der Waals surface area contributed by atoms with Crippen molar-refractivity contribution >= 4 is 16.9 Å². The van der Waals surface area contributed by atoms with Crippen LogP contribution in [0.15, 0.2) is 30.5 Å². The molecule has 2 heterocycles. The molecule has 1 aliphatic heterocycles. The molecule has 112 valence electrons. The number of nitrogens with zero attached hydrogens (tertiary/aromatic N) is 1. The summed E-state index contributed by atoms with van der Waals surface area (Å²) in [5, 5.41) is 0.924. The van der Waals surface area contributed by atoms with Gasteiger partial charge in [0.05, 0.1) is 5.56 Å². The summed E-state index contributed by atoms with van der Waals surface area (Å²) < 4.78 is 5.54. The summed E-state index contributed by atoms with van der Waals surface area (Å²) in [7, 11) is 2.11. The highest BCUT2D eigenvalue weighted by Gasteiger charge is 2.24. The van der Waals surface area contributed by atoms with Crippen LogP contribution < -0.4 is 0 Å². The zero-order chi connectivity index (χ0) is 14.8. The van der Waals surface area contributed by atoms with E-state index in [0.717, 1.165) is 29.8 Å². The van der Waals surface area contributed by atoms with Gasteiger partial charge < -0.3 is 9.72 Å². The minimum Gasteiger partial charge on any atom is -0.460 e. The van der Waals surface area contributed by atoms with Crippen LogP contribution in [0.4, 0.5) is 0 Å². The Bertz CT molecular complexity index is 635. The number of nitrogens with one attached hydrogen (secondary N) is 1. The molecule has 0 saturated carbocycles. The average molecular weight is 286 g/mol. The van der Waals surface area contributed by atoms with E-state index in [4.69, 9.17) is 4.74 Å². The number of esters is 1. The van der Waals surface area contributed by atoms with Crippen LogP contribution in [0.1, 0.15) is 30.1 Å². The van der Waals surface area contributed by atoms with E-state index < -0.39 is 0 Å². The molecule has 4 heteroatoms. The summed E-state index contributed by atoms with van der Waals surface area (Å²) in [6, 6.07) is 8.13. The van der Waals surface area contributed by atoms with E-state index in [9.17, 15) is 4.79 Å². The fourth-order valence-corrected chi connectivity index (χ4v) is 3.13. The van der Waals surface area contributed by atoms with Crippen molar-refractivity contribution in [2.75, 3.05) is 20.2 Å². The number of rotatable bonds is 3. The summed E-state index contributed by atoms with van der Waals surface area (Å²) in [4.78, 5) is 17.7. The molecule has 0 bridgehead atoms. The van der Waals surface area contributed by atoms with Gasteiger partial charge in [0.1, 0.15) is 6.61 Å². The molecule has 1 saturated heterocycles. The molecule has 1 N–H and O–H groups in total. The molecule has 0 radical (unpaired) electrons. The number of hydrogen-bond acceptors (Lipinski definition) is 3. The van der Waals surface area contributed by atoms with Crippen LogP contribution in [0.3, 0.4) is 0 Å². The van der Waals surface area contributed by atoms with Gasteiger partial charge in [0.2, 0.25) is 0 Å². The molecule has 1 aliphatic rings. The SMILES string of the molecule is CC1CCC(COC(=O)c2c[nH]c3ccccc23)N(C)C1. The van der Waals surface area contributed by atoms with Crippen LogP contribution in [0.2, 0.25) is 0 Å². The third kappa shape index (κ3) is 2.95. The number of carbonyl (C=O) groups excluding carboxylic acids is 1. The topological polar surface area (TPSA) is 45.3 Å². The quantitative estimate of drug-likeness (QED) is 0.882. The number of H-pyrrole nitrogens is 1. The van der Waals surface area contributed by atoms with Crippen molar-refractivity contribution in [2.45, 2.75) is 25.8 Å². The van der Waals surface area contributed by atoms with Gasteiger partial charge in [-0.15, -0.1) is 0 Å². The molecule has 2 atom stereocenters. The second-order valence-corrected chi connectivity index (χ2v) is 6.12. The van der Waals surface area contributed by atoms with Crippen molar-refractivity contribution in [3.8, 4) is 0 Å². The van der Waals surface area contributed by atoms with Crippen LogP contribution in [-0.2, 0) is 4.74 Å². The lowest BCUT2D eigenvalue weighted by Gasteiger charge is -2.35. The summed E-state index contributed by atoms with van der Waals surface area (Å²) in [5.41, 5.74) is 1.59. The number of likely N-dealkylation sites (N-methyl/N-ethyl adjacent to an activating group) is 1. The number of ether oxygens (including phenoxy) is 1. The molecule has 0 amide bonds. The van der Waals surface area contributed by atoms with E-state index in [1.165, 1.54) is 6.42 Å². The van der Waals surface area contributed by atoms with Crippen molar-refractivity contribution in [2.24, 2.45) is 5.92 Å². The van der Waals surface area contributed by atoms with Crippen LogP contribution in [0, 0.1) is 5.92 Å². The fraction of sp³-hybridized carbons (Fsp3) is 0.471. The predicted molar refractivity (Wildman–Crippen MR) is 83.4 cm³/mol. The Morgan fingerprint density at radius 2 is 2.19 bits per heavy atom. The Morgan fingerprint density at radius 3 is 3.00 bits per heavy atom. The Hall–Kier alpha value is -1.81. The number of aromatic nitrogens is 1. The summed E-state index contributed by atoms with van der Waals surface area (Å²) in [6.07, 6.45) is 4.04. The van der Waals surface area contributed by atoms with Crippen molar-refractivity contribution in [3.63, 3.8) is 0 Å². The van der Waals surface area contributed by atoms with E-state index >= 15 is 0 Å². The molecule has 0 spiro atoms. The smallest absolute Gasteiger partial charge is 0.340 e.